The molecule has 0 radical (unpaired) electrons. The lowest BCUT2D eigenvalue weighted by Gasteiger charge is -2.03. The van der Waals surface area contributed by atoms with Gasteiger partial charge >= 0.3 is 0 Å². The van der Waals surface area contributed by atoms with Crippen LogP contribution in [-0.2, 0) is 22.6 Å². The molecule has 0 N–H and O–H groups in total. The van der Waals surface area contributed by atoms with E-state index in [9.17, 15) is 8.42 Å². The molecule has 0 aliphatic rings. The predicted molar refractivity (Wildman–Crippen MR) is 64.8 cm³/mol. The van der Waals surface area contributed by atoms with E-state index in [0.717, 1.165) is 0 Å². The molecule has 0 aliphatic heterocycles. The first-order chi connectivity index (χ1) is 8.30. The Morgan fingerprint density at radius 2 is 2.06 bits per heavy atom. The van der Waals surface area contributed by atoms with Crippen LogP contribution in [-0.4, -0.2) is 33.0 Å². The second kappa shape index (κ2) is 4.36. The van der Waals surface area contributed by atoms with Crippen LogP contribution in [0.4, 0.5) is 0 Å². The van der Waals surface area contributed by atoms with Crippen LogP contribution >= 0.6 is 10.7 Å². The Morgan fingerprint density at radius 3 is 2.50 bits per heavy atom. The number of halogens is 1. The summed E-state index contributed by atoms with van der Waals surface area (Å²) in [6.45, 7) is 3.61. The van der Waals surface area contributed by atoms with Gasteiger partial charge in [-0.1, -0.05) is 0 Å². The first-order valence-corrected chi connectivity index (χ1v) is 7.43. The minimum absolute atomic E-state index is 0.0614. The van der Waals surface area contributed by atoms with Gasteiger partial charge in [0.1, 0.15) is 17.8 Å². The lowest BCUT2D eigenvalue weighted by Crippen LogP contribution is -2.09. The molecule has 0 spiro atoms. The average Bonchev–Trinajstić information content (AvgIpc) is 2.72. The molecule has 2 rings (SSSR count). The third-order valence-electron chi connectivity index (χ3n) is 2.66. The van der Waals surface area contributed by atoms with Crippen LogP contribution in [0.5, 0.6) is 0 Å². The molecular formula is C9H12ClN5O2S. The molecule has 9 heteroatoms. The maximum absolute atomic E-state index is 11.4. The van der Waals surface area contributed by atoms with E-state index in [0.29, 0.717) is 23.8 Å². The molecule has 0 fully saturated rings. The lowest BCUT2D eigenvalue weighted by atomic mass is 10.4. The second-order valence-corrected chi connectivity index (χ2v) is 6.46. The van der Waals surface area contributed by atoms with Crippen LogP contribution in [0.25, 0.3) is 0 Å². The first kappa shape index (κ1) is 13.0. The molecule has 2 aromatic rings. The Morgan fingerprint density at radius 1 is 1.39 bits per heavy atom. The van der Waals surface area contributed by atoms with Gasteiger partial charge in [-0.15, -0.1) is 10.2 Å². The SMILES string of the molecule is Cc1nn(Cc2nncn2C)c(C)c1S(=O)(=O)Cl. The van der Waals surface area contributed by atoms with Gasteiger partial charge in [0, 0.05) is 17.7 Å². The summed E-state index contributed by atoms with van der Waals surface area (Å²) in [6, 6.07) is 0. The summed E-state index contributed by atoms with van der Waals surface area (Å²) >= 11 is 0. The standard InChI is InChI=1S/C9H12ClN5O2S/c1-6-9(18(10,16)17)7(2)15(13-6)4-8-12-11-5-14(8)3/h5H,4H2,1-3H3. The minimum atomic E-state index is -3.79. The Balaban J connectivity index is 2.46. The summed E-state index contributed by atoms with van der Waals surface area (Å²) in [4.78, 5) is 0.0614. The van der Waals surface area contributed by atoms with Gasteiger partial charge in [0.05, 0.1) is 11.4 Å². The number of aryl methyl sites for hydroxylation is 2. The van der Waals surface area contributed by atoms with Crippen LogP contribution in [0.2, 0.25) is 0 Å². The van der Waals surface area contributed by atoms with Crippen molar-refractivity contribution in [2.45, 2.75) is 25.3 Å². The third kappa shape index (κ3) is 2.25. The van der Waals surface area contributed by atoms with E-state index in [1.807, 2.05) is 0 Å². The fraction of sp³-hybridized carbons (Fsp3) is 0.444. The van der Waals surface area contributed by atoms with E-state index in [-0.39, 0.29) is 4.90 Å². The molecule has 0 aromatic carbocycles. The van der Waals surface area contributed by atoms with E-state index >= 15 is 0 Å². The highest BCUT2D eigenvalue weighted by molar-refractivity contribution is 8.13. The molecule has 18 heavy (non-hydrogen) atoms. The Kier molecular flexibility index (Phi) is 3.16. The van der Waals surface area contributed by atoms with Crippen molar-refractivity contribution in [2.24, 2.45) is 7.05 Å². The summed E-state index contributed by atoms with van der Waals surface area (Å²) in [6.07, 6.45) is 1.57. The van der Waals surface area contributed by atoms with Crippen molar-refractivity contribution in [1.29, 1.82) is 0 Å². The summed E-state index contributed by atoms with van der Waals surface area (Å²) < 4.78 is 26.2. The van der Waals surface area contributed by atoms with Crippen LogP contribution in [0.15, 0.2) is 11.2 Å². The zero-order valence-electron chi connectivity index (χ0n) is 10.1. The molecule has 0 unspecified atom stereocenters. The molecule has 0 amide bonds. The minimum Gasteiger partial charge on any atom is -0.319 e. The molecule has 0 aliphatic carbocycles. The van der Waals surface area contributed by atoms with Gasteiger partial charge in [0.15, 0.2) is 5.82 Å². The quantitative estimate of drug-likeness (QED) is 0.773. The maximum atomic E-state index is 11.4. The molecule has 98 valence electrons. The number of aromatic nitrogens is 5. The van der Waals surface area contributed by atoms with Crippen molar-refractivity contribution >= 4 is 19.7 Å². The van der Waals surface area contributed by atoms with Crippen LogP contribution < -0.4 is 0 Å². The number of hydrogen-bond donors (Lipinski definition) is 0. The second-order valence-electron chi connectivity index (χ2n) is 3.95. The fourth-order valence-corrected chi connectivity index (χ4v) is 3.29. The Hall–Kier alpha value is -1.41. The summed E-state index contributed by atoms with van der Waals surface area (Å²) in [5.41, 5.74) is 0.871. The van der Waals surface area contributed by atoms with Crippen molar-refractivity contribution in [3.8, 4) is 0 Å². The Bertz CT molecular complexity index is 688. The third-order valence-corrected chi connectivity index (χ3v) is 4.20. The summed E-state index contributed by atoms with van der Waals surface area (Å²) in [5, 5.41) is 11.8. The fourth-order valence-electron chi connectivity index (χ4n) is 1.77. The highest BCUT2D eigenvalue weighted by Crippen LogP contribution is 2.23. The molecule has 2 aromatic heterocycles. The molecule has 7 nitrogen and oxygen atoms in total. The van der Waals surface area contributed by atoms with Crippen LogP contribution in [0, 0.1) is 13.8 Å². The van der Waals surface area contributed by atoms with E-state index in [1.54, 1.807) is 36.5 Å². The zero-order valence-corrected chi connectivity index (χ0v) is 11.7. The zero-order chi connectivity index (χ0) is 13.5. The van der Waals surface area contributed by atoms with E-state index < -0.39 is 9.05 Å². The summed E-state index contributed by atoms with van der Waals surface area (Å²) in [5.74, 6) is 0.680. The van der Waals surface area contributed by atoms with Gasteiger partial charge in [-0.2, -0.15) is 5.10 Å². The van der Waals surface area contributed by atoms with E-state index in [2.05, 4.69) is 15.3 Å². The predicted octanol–water partition coefficient (Wildman–Crippen LogP) is 0.604. The van der Waals surface area contributed by atoms with Gasteiger partial charge < -0.3 is 4.57 Å². The molecule has 0 atom stereocenters. The van der Waals surface area contributed by atoms with Crippen LogP contribution in [0.3, 0.4) is 0 Å². The average molecular weight is 290 g/mol. The van der Waals surface area contributed by atoms with Gasteiger partial charge in [-0.25, -0.2) is 8.42 Å². The molecule has 0 saturated carbocycles. The Labute approximate surface area is 109 Å². The topological polar surface area (TPSA) is 82.7 Å². The number of hydrogen-bond acceptors (Lipinski definition) is 5. The molecule has 0 bridgehead atoms. The monoisotopic (exact) mass is 289 g/mol. The smallest absolute Gasteiger partial charge is 0.264 e. The first-order valence-electron chi connectivity index (χ1n) is 5.12. The van der Waals surface area contributed by atoms with Crippen molar-refractivity contribution in [3.05, 3.63) is 23.5 Å². The normalized spacial score (nSPS) is 12.0. The van der Waals surface area contributed by atoms with Gasteiger partial charge in [0.2, 0.25) is 0 Å². The van der Waals surface area contributed by atoms with E-state index in [1.165, 1.54) is 0 Å². The van der Waals surface area contributed by atoms with Crippen LogP contribution in [0.1, 0.15) is 17.2 Å². The van der Waals surface area contributed by atoms with Crippen molar-refractivity contribution in [2.75, 3.05) is 0 Å². The van der Waals surface area contributed by atoms with Gasteiger partial charge in [-0.3, -0.25) is 4.68 Å². The van der Waals surface area contributed by atoms with Crippen molar-refractivity contribution in [3.63, 3.8) is 0 Å². The van der Waals surface area contributed by atoms with E-state index in [4.69, 9.17) is 10.7 Å². The van der Waals surface area contributed by atoms with Crippen molar-refractivity contribution < 1.29 is 8.42 Å². The largest absolute Gasteiger partial charge is 0.319 e. The lowest BCUT2D eigenvalue weighted by molar-refractivity contribution is 0.602. The molecular weight excluding hydrogens is 278 g/mol. The molecule has 0 saturated heterocycles. The van der Waals surface area contributed by atoms with Gasteiger partial charge in [-0.05, 0) is 13.8 Å². The van der Waals surface area contributed by atoms with Gasteiger partial charge in [0.25, 0.3) is 9.05 Å². The number of rotatable bonds is 3. The highest BCUT2D eigenvalue weighted by Gasteiger charge is 2.22. The number of nitrogens with zero attached hydrogens (tertiary/aromatic N) is 5. The van der Waals surface area contributed by atoms with Crippen molar-refractivity contribution in [1.82, 2.24) is 24.5 Å². The molecule has 2 heterocycles. The summed E-state index contributed by atoms with van der Waals surface area (Å²) in [7, 11) is 3.40. The maximum Gasteiger partial charge on any atom is 0.264 e. The highest BCUT2D eigenvalue weighted by atomic mass is 35.7.